The Hall–Kier alpha value is -1.81. The van der Waals surface area contributed by atoms with E-state index in [1.54, 1.807) is 12.4 Å². The maximum Gasteiger partial charge on any atom is 0.0791 e. The minimum Gasteiger partial charge on any atom is -0.398 e. The molecule has 0 aliphatic carbocycles. The third-order valence-electron chi connectivity index (χ3n) is 3.30. The van der Waals surface area contributed by atoms with Crippen LogP contribution in [0.15, 0.2) is 30.6 Å². The Morgan fingerprint density at radius 2 is 2.11 bits per heavy atom. The zero-order valence-electron chi connectivity index (χ0n) is 11.5. The summed E-state index contributed by atoms with van der Waals surface area (Å²) in [6.45, 7) is 4.42. The lowest BCUT2D eigenvalue weighted by atomic mass is 10.0. The Bertz CT molecular complexity index is 566. The van der Waals surface area contributed by atoms with Crippen molar-refractivity contribution in [3.63, 3.8) is 0 Å². The number of nitrogens with two attached hydrogens (primary N) is 1. The van der Waals surface area contributed by atoms with E-state index in [9.17, 15) is 5.11 Å². The van der Waals surface area contributed by atoms with Crippen LogP contribution in [0.3, 0.4) is 0 Å². The number of pyridine rings is 1. The third kappa shape index (κ3) is 3.15. The number of rotatable bonds is 5. The van der Waals surface area contributed by atoms with Crippen molar-refractivity contribution >= 4 is 22.1 Å². The summed E-state index contributed by atoms with van der Waals surface area (Å²) < 4.78 is 0. The maximum absolute atomic E-state index is 10.2. The lowest BCUT2D eigenvalue weighted by Gasteiger charge is -2.24. The molecule has 4 N–H and O–H groups in total. The van der Waals surface area contributed by atoms with E-state index in [0.29, 0.717) is 6.54 Å². The van der Waals surface area contributed by atoms with Crippen LogP contribution in [0.5, 0.6) is 0 Å². The van der Waals surface area contributed by atoms with Crippen LogP contribution in [0.2, 0.25) is 0 Å². The average molecular weight is 259 g/mol. The number of hydrogen-bond acceptors (Lipinski definition) is 4. The van der Waals surface area contributed by atoms with Gasteiger partial charge in [0.1, 0.15) is 0 Å². The molecule has 0 bridgehead atoms. The van der Waals surface area contributed by atoms with Gasteiger partial charge in [0.2, 0.25) is 0 Å². The Morgan fingerprint density at radius 3 is 2.84 bits per heavy atom. The van der Waals surface area contributed by atoms with Gasteiger partial charge in [0.05, 0.1) is 5.60 Å². The fourth-order valence-corrected chi connectivity index (χ4v) is 2.28. The van der Waals surface area contributed by atoms with Gasteiger partial charge in [-0.3, -0.25) is 4.98 Å². The summed E-state index contributed by atoms with van der Waals surface area (Å²) >= 11 is 0. The van der Waals surface area contributed by atoms with Gasteiger partial charge in [-0.25, -0.2) is 0 Å². The van der Waals surface area contributed by atoms with E-state index in [4.69, 9.17) is 5.73 Å². The van der Waals surface area contributed by atoms with Crippen molar-refractivity contribution in [2.24, 2.45) is 0 Å². The molecule has 1 heterocycles. The number of fused-ring (bicyclic) bond motifs is 1. The normalized spacial score (nSPS) is 14.3. The first-order chi connectivity index (χ1) is 9.03. The fourth-order valence-electron chi connectivity index (χ4n) is 2.28. The summed E-state index contributed by atoms with van der Waals surface area (Å²) in [6.07, 6.45) is 5.25. The number of aromatic nitrogens is 1. The first kappa shape index (κ1) is 13.6. The molecule has 2 aromatic rings. The highest BCUT2D eigenvalue weighted by atomic mass is 16.3. The van der Waals surface area contributed by atoms with Gasteiger partial charge in [-0.05, 0) is 31.5 Å². The maximum atomic E-state index is 10.2. The van der Waals surface area contributed by atoms with E-state index in [0.717, 1.165) is 35.0 Å². The van der Waals surface area contributed by atoms with Gasteiger partial charge in [-0.1, -0.05) is 13.3 Å². The number of anilines is 2. The van der Waals surface area contributed by atoms with Crippen molar-refractivity contribution in [1.29, 1.82) is 0 Å². The van der Waals surface area contributed by atoms with E-state index < -0.39 is 5.60 Å². The summed E-state index contributed by atoms with van der Waals surface area (Å²) in [7, 11) is 0. The third-order valence-corrected chi connectivity index (χ3v) is 3.30. The Kier molecular flexibility index (Phi) is 3.90. The Labute approximate surface area is 113 Å². The zero-order chi connectivity index (χ0) is 13.9. The van der Waals surface area contributed by atoms with Crippen LogP contribution in [0.4, 0.5) is 11.4 Å². The van der Waals surface area contributed by atoms with Crippen LogP contribution < -0.4 is 11.1 Å². The van der Waals surface area contributed by atoms with E-state index in [2.05, 4.69) is 17.2 Å². The smallest absolute Gasteiger partial charge is 0.0791 e. The van der Waals surface area contributed by atoms with Crippen LogP contribution in [-0.2, 0) is 0 Å². The molecule has 4 nitrogen and oxygen atoms in total. The van der Waals surface area contributed by atoms with Gasteiger partial charge < -0.3 is 16.2 Å². The molecule has 0 aliphatic rings. The lowest BCUT2D eigenvalue weighted by molar-refractivity contribution is 0.0637. The molecule has 4 heteroatoms. The van der Waals surface area contributed by atoms with Gasteiger partial charge in [0, 0.05) is 41.1 Å². The fraction of sp³-hybridized carbons (Fsp3) is 0.400. The summed E-state index contributed by atoms with van der Waals surface area (Å²) in [6, 6.07) is 5.71. The van der Waals surface area contributed by atoms with E-state index in [1.807, 2.05) is 25.1 Å². The number of aliphatic hydroxyl groups is 1. The largest absolute Gasteiger partial charge is 0.398 e. The van der Waals surface area contributed by atoms with Crippen molar-refractivity contribution in [2.75, 3.05) is 17.6 Å². The number of nitrogens with one attached hydrogen (secondary N) is 1. The molecule has 0 saturated carbocycles. The van der Waals surface area contributed by atoms with Gasteiger partial charge in [-0.15, -0.1) is 0 Å². The second-order valence-electron chi connectivity index (χ2n) is 5.22. The average Bonchev–Trinajstić information content (AvgIpc) is 2.38. The highest BCUT2D eigenvalue weighted by molar-refractivity contribution is 6.00. The molecule has 2 rings (SSSR count). The highest BCUT2D eigenvalue weighted by Gasteiger charge is 2.18. The second kappa shape index (κ2) is 5.45. The van der Waals surface area contributed by atoms with Crippen molar-refractivity contribution in [3.8, 4) is 0 Å². The summed E-state index contributed by atoms with van der Waals surface area (Å²) in [4.78, 5) is 4.14. The Balaban J connectivity index is 2.24. The molecule has 1 unspecified atom stereocenters. The van der Waals surface area contributed by atoms with Crippen LogP contribution >= 0.6 is 0 Å². The predicted octanol–water partition coefficient (Wildman–Crippen LogP) is 2.78. The molecule has 19 heavy (non-hydrogen) atoms. The summed E-state index contributed by atoms with van der Waals surface area (Å²) in [5.41, 5.74) is 6.94. The number of nitrogen functional groups attached to an aromatic ring is 1. The molecule has 0 spiro atoms. The van der Waals surface area contributed by atoms with Crippen LogP contribution in [0, 0.1) is 0 Å². The summed E-state index contributed by atoms with van der Waals surface area (Å²) in [5.74, 6) is 0. The minimum atomic E-state index is -0.704. The van der Waals surface area contributed by atoms with Crippen molar-refractivity contribution in [1.82, 2.24) is 4.98 Å². The van der Waals surface area contributed by atoms with Crippen molar-refractivity contribution < 1.29 is 5.11 Å². The molecule has 0 fully saturated rings. The van der Waals surface area contributed by atoms with E-state index in [-0.39, 0.29) is 0 Å². The molecule has 0 aliphatic heterocycles. The number of benzene rings is 1. The molecular formula is C15H21N3O. The van der Waals surface area contributed by atoms with Crippen LogP contribution in [0.1, 0.15) is 26.7 Å². The predicted molar refractivity (Wildman–Crippen MR) is 80.2 cm³/mol. The SMILES string of the molecule is CCCC(C)(O)CNc1ccc(N)c2ccncc12. The van der Waals surface area contributed by atoms with Gasteiger partial charge in [0.15, 0.2) is 0 Å². The molecule has 1 aromatic carbocycles. The number of hydrogen-bond donors (Lipinski definition) is 3. The van der Waals surface area contributed by atoms with Gasteiger partial charge in [0.25, 0.3) is 0 Å². The molecule has 1 aromatic heterocycles. The molecule has 0 saturated heterocycles. The van der Waals surface area contributed by atoms with Crippen LogP contribution in [0.25, 0.3) is 10.8 Å². The number of nitrogens with zero attached hydrogens (tertiary/aromatic N) is 1. The standard InChI is InChI=1S/C15H21N3O/c1-3-7-15(2,19)10-18-14-5-4-13(16)11-6-8-17-9-12(11)14/h4-6,8-9,18-19H,3,7,10,16H2,1-2H3. The van der Waals surface area contributed by atoms with Gasteiger partial charge in [-0.2, -0.15) is 0 Å². The molecule has 0 amide bonds. The Morgan fingerprint density at radius 1 is 1.32 bits per heavy atom. The second-order valence-corrected chi connectivity index (χ2v) is 5.22. The first-order valence-electron chi connectivity index (χ1n) is 6.62. The quantitative estimate of drug-likeness (QED) is 0.722. The minimum absolute atomic E-state index is 0.509. The molecule has 0 radical (unpaired) electrons. The van der Waals surface area contributed by atoms with Crippen LogP contribution in [-0.4, -0.2) is 22.2 Å². The molecular weight excluding hydrogens is 238 g/mol. The van der Waals surface area contributed by atoms with Gasteiger partial charge >= 0.3 is 0 Å². The highest BCUT2D eigenvalue weighted by Crippen LogP contribution is 2.28. The summed E-state index contributed by atoms with van der Waals surface area (Å²) in [5, 5.41) is 15.5. The van der Waals surface area contributed by atoms with E-state index >= 15 is 0 Å². The van der Waals surface area contributed by atoms with Crippen molar-refractivity contribution in [3.05, 3.63) is 30.6 Å². The zero-order valence-corrected chi connectivity index (χ0v) is 11.5. The van der Waals surface area contributed by atoms with E-state index in [1.165, 1.54) is 0 Å². The molecule has 1 atom stereocenters. The topological polar surface area (TPSA) is 71.2 Å². The van der Waals surface area contributed by atoms with Crippen molar-refractivity contribution in [2.45, 2.75) is 32.3 Å². The monoisotopic (exact) mass is 259 g/mol. The molecule has 102 valence electrons. The first-order valence-corrected chi connectivity index (χ1v) is 6.62. The lowest BCUT2D eigenvalue weighted by Crippen LogP contribution is -2.33.